The molecule has 1 aromatic carbocycles. The molecule has 0 radical (unpaired) electrons. The lowest BCUT2D eigenvalue weighted by Gasteiger charge is -2.08. The van der Waals surface area contributed by atoms with Gasteiger partial charge >= 0.3 is 0 Å². The Morgan fingerprint density at radius 2 is 1.77 bits per heavy atom. The van der Waals surface area contributed by atoms with Crippen LogP contribution in [0.1, 0.15) is 13.8 Å². The third kappa shape index (κ3) is 6.39. The molecule has 3 aromatic rings. The van der Waals surface area contributed by atoms with Crippen molar-refractivity contribution in [2.75, 3.05) is 29.2 Å². The Bertz CT molecular complexity index is 1040. The Kier molecular flexibility index (Phi) is 7.58. The van der Waals surface area contributed by atoms with Crippen molar-refractivity contribution in [2.24, 2.45) is 0 Å². The lowest BCUT2D eigenvalue weighted by Crippen LogP contribution is -2.18. The number of methoxy groups -OCH3 is 1. The summed E-state index contributed by atoms with van der Waals surface area (Å²) in [6.45, 7) is 4.07. The molecule has 0 aliphatic carbocycles. The zero-order valence-electron chi connectivity index (χ0n) is 16.9. The molecule has 0 spiro atoms. The molecule has 2 amide bonds. The summed E-state index contributed by atoms with van der Waals surface area (Å²) in [6, 6.07) is 10.7. The highest BCUT2D eigenvalue weighted by atomic mass is 32.2. The molecule has 30 heavy (non-hydrogen) atoms. The number of amides is 2. The summed E-state index contributed by atoms with van der Waals surface area (Å²) in [4.78, 5) is 36.1. The molecule has 0 unspecified atom stereocenters. The number of benzene rings is 1. The number of anilines is 2. The molecule has 0 aliphatic rings. The molecule has 0 bridgehead atoms. The van der Waals surface area contributed by atoms with Crippen LogP contribution in [0.2, 0.25) is 0 Å². The minimum absolute atomic E-state index is 0.123. The van der Waals surface area contributed by atoms with Crippen LogP contribution in [0.25, 0.3) is 11.0 Å². The van der Waals surface area contributed by atoms with Crippen molar-refractivity contribution in [1.29, 1.82) is 0 Å². The standard InChI is InChI=1S/C20H23N5O3S2/c1-12(2)29-10-18(26)24-16-5-4-6-17(23-16)25-19(27)11-30-20-21-14-8-7-13(28-3)9-15(14)22-20/h4-9,12H,10-11H2,1-3H3,(H,21,22)(H2,23,24,25,26,27). The summed E-state index contributed by atoms with van der Waals surface area (Å²) >= 11 is 2.84. The normalized spacial score (nSPS) is 10.9. The van der Waals surface area contributed by atoms with Crippen LogP contribution >= 0.6 is 23.5 Å². The van der Waals surface area contributed by atoms with Gasteiger partial charge in [0, 0.05) is 6.07 Å². The Morgan fingerprint density at radius 1 is 1.07 bits per heavy atom. The van der Waals surface area contributed by atoms with Crippen LogP contribution in [0.5, 0.6) is 5.75 Å². The maximum atomic E-state index is 12.3. The van der Waals surface area contributed by atoms with E-state index in [4.69, 9.17) is 4.74 Å². The van der Waals surface area contributed by atoms with Gasteiger partial charge in [0.15, 0.2) is 5.16 Å². The largest absolute Gasteiger partial charge is 0.497 e. The fraction of sp³-hybridized carbons (Fsp3) is 0.300. The molecule has 0 fully saturated rings. The zero-order valence-corrected chi connectivity index (χ0v) is 18.5. The summed E-state index contributed by atoms with van der Waals surface area (Å²) < 4.78 is 5.19. The van der Waals surface area contributed by atoms with E-state index in [1.807, 2.05) is 32.0 Å². The highest BCUT2D eigenvalue weighted by Gasteiger charge is 2.10. The second kappa shape index (κ2) is 10.4. The third-order valence-corrected chi connectivity index (χ3v) is 5.81. The lowest BCUT2D eigenvalue weighted by atomic mass is 10.3. The van der Waals surface area contributed by atoms with Crippen molar-refractivity contribution in [2.45, 2.75) is 24.3 Å². The topological polar surface area (TPSA) is 109 Å². The fourth-order valence-corrected chi connectivity index (χ4v) is 3.71. The van der Waals surface area contributed by atoms with E-state index in [0.717, 1.165) is 16.8 Å². The summed E-state index contributed by atoms with van der Waals surface area (Å²) in [6.07, 6.45) is 0. The predicted molar refractivity (Wildman–Crippen MR) is 122 cm³/mol. The van der Waals surface area contributed by atoms with Crippen LogP contribution < -0.4 is 15.4 Å². The van der Waals surface area contributed by atoms with Gasteiger partial charge in [0.25, 0.3) is 0 Å². The van der Waals surface area contributed by atoms with Crippen LogP contribution in [0.3, 0.4) is 0 Å². The van der Waals surface area contributed by atoms with E-state index in [1.54, 1.807) is 37.1 Å². The number of hydrogen-bond acceptors (Lipinski definition) is 7. The number of imidazole rings is 1. The number of rotatable bonds is 9. The van der Waals surface area contributed by atoms with E-state index >= 15 is 0 Å². The molecule has 158 valence electrons. The first kappa shape index (κ1) is 22.0. The molecule has 10 heteroatoms. The maximum absolute atomic E-state index is 12.3. The smallest absolute Gasteiger partial charge is 0.236 e. The van der Waals surface area contributed by atoms with Gasteiger partial charge in [-0.2, -0.15) is 0 Å². The highest BCUT2D eigenvalue weighted by molar-refractivity contribution is 8.00. The lowest BCUT2D eigenvalue weighted by molar-refractivity contribution is -0.114. The summed E-state index contributed by atoms with van der Waals surface area (Å²) in [7, 11) is 1.60. The first-order valence-electron chi connectivity index (χ1n) is 9.28. The number of carbonyl (C=O) groups excluding carboxylic acids is 2. The van der Waals surface area contributed by atoms with Crippen LogP contribution in [0, 0.1) is 0 Å². The van der Waals surface area contributed by atoms with Gasteiger partial charge in [-0.1, -0.05) is 31.7 Å². The van der Waals surface area contributed by atoms with E-state index in [9.17, 15) is 9.59 Å². The second-order valence-corrected chi connectivity index (χ2v) is 9.11. The van der Waals surface area contributed by atoms with E-state index in [1.165, 1.54) is 11.8 Å². The Balaban J connectivity index is 1.53. The maximum Gasteiger partial charge on any atom is 0.236 e. The molecule has 8 nitrogen and oxygen atoms in total. The van der Waals surface area contributed by atoms with E-state index < -0.39 is 0 Å². The number of nitrogens with zero attached hydrogens (tertiary/aromatic N) is 2. The Hall–Kier alpha value is -2.72. The Labute approximate surface area is 183 Å². The van der Waals surface area contributed by atoms with Gasteiger partial charge in [-0.3, -0.25) is 9.59 Å². The molecule has 0 saturated carbocycles. The van der Waals surface area contributed by atoms with Gasteiger partial charge in [0.2, 0.25) is 11.8 Å². The summed E-state index contributed by atoms with van der Waals surface area (Å²) in [5, 5.41) is 6.50. The van der Waals surface area contributed by atoms with Crippen molar-refractivity contribution in [3.8, 4) is 5.75 Å². The summed E-state index contributed by atoms with van der Waals surface area (Å²) in [5.41, 5.74) is 1.65. The second-order valence-electron chi connectivity index (χ2n) is 6.58. The number of thioether (sulfide) groups is 2. The van der Waals surface area contributed by atoms with Crippen LogP contribution in [0.15, 0.2) is 41.6 Å². The number of fused-ring (bicyclic) bond motifs is 1. The number of H-pyrrole nitrogens is 1. The molecule has 2 aromatic heterocycles. The number of pyridine rings is 1. The number of carbonyl (C=O) groups is 2. The molecular weight excluding hydrogens is 422 g/mol. The van der Waals surface area contributed by atoms with E-state index in [0.29, 0.717) is 27.8 Å². The molecule has 0 atom stereocenters. The van der Waals surface area contributed by atoms with E-state index in [2.05, 4.69) is 25.6 Å². The van der Waals surface area contributed by atoms with Crippen molar-refractivity contribution in [3.63, 3.8) is 0 Å². The highest BCUT2D eigenvalue weighted by Crippen LogP contribution is 2.23. The Morgan fingerprint density at radius 3 is 2.43 bits per heavy atom. The molecule has 2 heterocycles. The minimum Gasteiger partial charge on any atom is -0.497 e. The third-order valence-electron chi connectivity index (χ3n) is 3.84. The quantitative estimate of drug-likeness (QED) is 0.430. The predicted octanol–water partition coefficient (Wildman–Crippen LogP) is 3.78. The van der Waals surface area contributed by atoms with Crippen molar-refractivity contribution in [1.82, 2.24) is 15.0 Å². The van der Waals surface area contributed by atoms with E-state index in [-0.39, 0.29) is 17.6 Å². The average molecular weight is 446 g/mol. The van der Waals surface area contributed by atoms with Crippen LogP contribution in [0.4, 0.5) is 11.6 Å². The monoisotopic (exact) mass is 445 g/mol. The number of hydrogen-bond donors (Lipinski definition) is 3. The van der Waals surface area contributed by atoms with Crippen LogP contribution in [-0.4, -0.2) is 50.6 Å². The molecule has 3 rings (SSSR count). The van der Waals surface area contributed by atoms with Gasteiger partial charge in [-0.25, -0.2) is 9.97 Å². The fourth-order valence-electron chi connectivity index (χ4n) is 2.47. The van der Waals surface area contributed by atoms with Gasteiger partial charge < -0.3 is 20.4 Å². The first-order valence-corrected chi connectivity index (χ1v) is 11.3. The number of ether oxygens (including phenoxy) is 1. The SMILES string of the molecule is COc1ccc2[nH]c(SCC(=O)Nc3cccc(NC(=O)CSC(C)C)n3)nc2c1. The average Bonchev–Trinajstić information content (AvgIpc) is 3.13. The van der Waals surface area contributed by atoms with Gasteiger partial charge in [0.05, 0.1) is 29.6 Å². The number of aromatic nitrogens is 3. The molecular formula is C20H23N5O3S2. The molecule has 3 N–H and O–H groups in total. The van der Waals surface area contributed by atoms with Crippen molar-refractivity contribution >= 4 is 58.0 Å². The molecule has 0 aliphatic heterocycles. The van der Waals surface area contributed by atoms with Gasteiger partial charge in [-0.05, 0) is 29.5 Å². The summed E-state index contributed by atoms with van der Waals surface area (Å²) in [5.74, 6) is 1.69. The van der Waals surface area contributed by atoms with Gasteiger partial charge in [-0.15, -0.1) is 11.8 Å². The van der Waals surface area contributed by atoms with Crippen molar-refractivity contribution in [3.05, 3.63) is 36.4 Å². The first-order chi connectivity index (χ1) is 14.4. The van der Waals surface area contributed by atoms with Crippen molar-refractivity contribution < 1.29 is 14.3 Å². The van der Waals surface area contributed by atoms with Crippen LogP contribution in [-0.2, 0) is 9.59 Å². The number of aromatic amines is 1. The zero-order chi connectivity index (χ0) is 21.5. The number of nitrogens with one attached hydrogen (secondary N) is 3. The molecule has 0 saturated heterocycles. The van der Waals surface area contributed by atoms with Gasteiger partial charge in [0.1, 0.15) is 17.4 Å². The minimum atomic E-state index is -0.218.